The normalized spacial score (nSPS) is 11.2. The van der Waals surface area contributed by atoms with Crippen LogP contribution in [0.1, 0.15) is 19.4 Å². The number of nitrogen functional groups attached to an aromatic ring is 1. The first-order valence-electron chi connectivity index (χ1n) is 6.47. The minimum Gasteiger partial charge on any atom is -0.369 e. The number of hydrogen-bond acceptors (Lipinski definition) is 3. The van der Waals surface area contributed by atoms with E-state index in [2.05, 4.69) is 24.1 Å². The Morgan fingerprint density at radius 2 is 2.21 bits per heavy atom. The molecule has 0 aliphatic rings. The van der Waals surface area contributed by atoms with E-state index in [0.29, 0.717) is 18.4 Å². The lowest BCUT2D eigenvalue weighted by Gasteiger charge is -2.09. The van der Waals surface area contributed by atoms with Crippen molar-refractivity contribution in [3.63, 3.8) is 0 Å². The molecular formula is C14H20N4O. The van der Waals surface area contributed by atoms with E-state index in [1.165, 1.54) is 0 Å². The van der Waals surface area contributed by atoms with Crippen LogP contribution < -0.4 is 11.1 Å². The van der Waals surface area contributed by atoms with E-state index in [1.807, 2.05) is 25.1 Å². The van der Waals surface area contributed by atoms with Crippen LogP contribution in [0.15, 0.2) is 18.2 Å². The predicted molar refractivity (Wildman–Crippen MR) is 76.7 cm³/mol. The molecule has 0 spiro atoms. The van der Waals surface area contributed by atoms with Crippen molar-refractivity contribution in [3.05, 3.63) is 23.8 Å². The Hall–Kier alpha value is -2.04. The van der Waals surface area contributed by atoms with Crippen LogP contribution in [0.2, 0.25) is 0 Å². The molecule has 19 heavy (non-hydrogen) atoms. The predicted octanol–water partition coefficient (Wildman–Crippen LogP) is 1.70. The van der Waals surface area contributed by atoms with Crippen LogP contribution in [-0.2, 0) is 11.3 Å². The van der Waals surface area contributed by atoms with Crippen molar-refractivity contribution < 1.29 is 4.79 Å². The van der Waals surface area contributed by atoms with E-state index in [0.717, 1.165) is 16.6 Å². The summed E-state index contributed by atoms with van der Waals surface area (Å²) in [4.78, 5) is 16.2. The first kappa shape index (κ1) is 13.4. The van der Waals surface area contributed by atoms with Crippen molar-refractivity contribution >= 4 is 22.9 Å². The lowest BCUT2D eigenvalue weighted by Crippen LogP contribution is -2.30. The van der Waals surface area contributed by atoms with Crippen LogP contribution in [0.5, 0.6) is 0 Å². The molecule has 0 aliphatic heterocycles. The second-order valence-electron chi connectivity index (χ2n) is 5.20. The number of nitrogens with two attached hydrogens (primary N) is 1. The number of aryl methyl sites for hydroxylation is 1. The first-order chi connectivity index (χ1) is 8.99. The van der Waals surface area contributed by atoms with Crippen LogP contribution in [0, 0.1) is 12.8 Å². The number of amides is 1. The molecule has 1 aromatic carbocycles. The lowest BCUT2D eigenvalue weighted by atomic mass is 10.2. The van der Waals surface area contributed by atoms with E-state index in [9.17, 15) is 4.79 Å². The second kappa shape index (κ2) is 5.30. The molecule has 2 rings (SSSR count). The van der Waals surface area contributed by atoms with Gasteiger partial charge in [0.25, 0.3) is 0 Å². The highest BCUT2D eigenvalue weighted by molar-refractivity contribution is 5.84. The Morgan fingerprint density at radius 1 is 1.47 bits per heavy atom. The number of imidazole rings is 1. The largest absolute Gasteiger partial charge is 0.369 e. The fourth-order valence-corrected chi connectivity index (χ4v) is 1.99. The number of nitrogens with one attached hydrogen (secondary N) is 1. The summed E-state index contributed by atoms with van der Waals surface area (Å²) in [5, 5.41) is 2.88. The molecule has 1 aromatic heterocycles. The molecule has 0 radical (unpaired) electrons. The van der Waals surface area contributed by atoms with E-state index < -0.39 is 0 Å². The van der Waals surface area contributed by atoms with Gasteiger partial charge in [-0.25, -0.2) is 4.98 Å². The molecule has 0 unspecified atom stereocenters. The van der Waals surface area contributed by atoms with Crippen LogP contribution >= 0.6 is 0 Å². The second-order valence-corrected chi connectivity index (χ2v) is 5.20. The van der Waals surface area contributed by atoms with E-state index in [-0.39, 0.29) is 12.5 Å². The van der Waals surface area contributed by atoms with Crippen LogP contribution in [0.25, 0.3) is 11.0 Å². The van der Waals surface area contributed by atoms with Gasteiger partial charge in [0.15, 0.2) is 0 Å². The molecule has 3 N–H and O–H groups in total. The Labute approximate surface area is 112 Å². The number of nitrogens with zero attached hydrogens (tertiary/aromatic N) is 2. The average Bonchev–Trinajstić information content (AvgIpc) is 2.66. The number of anilines is 1. The molecule has 0 saturated heterocycles. The fraction of sp³-hybridized carbons (Fsp3) is 0.429. The van der Waals surface area contributed by atoms with Gasteiger partial charge in [0.1, 0.15) is 6.54 Å². The molecule has 0 atom stereocenters. The zero-order valence-corrected chi connectivity index (χ0v) is 11.6. The van der Waals surface area contributed by atoms with Gasteiger partial charge in [-0.15, -0.1) is 0 Å². The van der Waals surface area contributed by atoms with Crippen molar-refractivity contribution in [2.75, 3.05) is 12.3 Å². The summed E-state index contributed by atoms with van der Waals surface area (Å²) in [6.45, 7) is 6.98. The maximum absolute atomic E-state index is 11.9. The molecule has 0 fully saturated rings. The van der Waals surface area contributed by atoms with Crippen molar-refractivity contribution in [2.24, 2.45) is 5.92 Å². The van der Waals surface area contributed by atoms with Gasteiger partial charge in [0, 0.05) is 6.54 Å². The Morgan fingerprint density at radius 3 is 2.89 bits per heavy atom. The summed E-state index contributed by atoms with van der Waals surface area (Å²) >= 11 is 0. The van der Waals surface area contributed by atoms with E-state index >= 15 is 0 Å². The third-order valence-electron chi connectivity index (χ3n) is 3.02. The molecule has 0 bridgehead atoms. The number of rotatable bonds is 4. The fourth-order valence-electron chi connectivity index (χ4n) is 1.99. The highest BCUT2D eigenvalue weighted by Gasteiger charge is 2.12. The maximum atomic E-state index is 11.9. The van der Waals surface area contributed by atoms with Crippen LogP contribution in [-0.4, -0.2) is 22.0 Å². The molecule has 2 aromatic rings. The molecule has 0 saturated carbocycles. The summed E-state index contributed by atoms with van der Waals surface area (Å²) in [6, 6.07) is 5.86. The number of carbonyl (C=O) groups is 1. The topological polar surface area (TPSA) is 72.9 Å². The Kier molecular flexibility index (Phi) is 3.74. The SMILES string of the molecule is Cc1cccc2c1nc(N)n2CC(=O)NCC(C)C. The van der Waals surface area contributed by atoms with Crippen molar-refractivity contribution in [1.82, 2.24) is 14.9 Å². The number of benzene rings is 1. The number of carbonyl (C=O) groups excluding carboxylic acids is 1. The Bertz CT molecular complexity index is 601. The maximum Gasteiger partial charge on any atom is 0.240 e. The zero-order valence-electron chi connectivity index (χ0n) is 11.6. The lowest BCUT2D eigenvalue weighted by molar-refractivity contribution is -0.121. The average molecular weight is 260 g/mol. The standard InChI is InChI=1S/C14H20N4O/c1-9(2)7-16-12(19)8-18-11-6-4-5-10(3)13(11)17-14(18)15/h4-6,9H,7-8H2,1-3H3,(H2,15,17)(H,16,19). The van der Waals surface area contributed by atoms with Gasteiger partial charge >= 0.3 is 0 Å². The molecule has 0 aliphatic carbocycles. The molecule has 5 heteroatoms. The summed E-state index contributed by atoms with van der Waals surface area (Å²) in [6.07, 6.45) is 0. The summed E-state index contributed by atoms with van der Waals surface area (Å²) < 4.78 is 1.75. The van der Waals surface area contributed by atoms with E-state index in [1.54, 1.807) is 4.57 Å². The van der Waals surface area contributed by atoms with Gasteiger partial charge < -0.3 is 15.6 Å². The van der Waals surface area contributed by atoms with Gasteiger partial charge in [-0.2, -0.15) is 0 Å². The van der Waals surface area contributed by atoms with Crippen molar-refractivity contribution in [2.45, 2.75) is 27.3 Å². The molecule has 102 valence electrons. The van der Waals surface area contributed by atoms with Gasteiger partial charge in [0.2, 0.25) is 11.9 Å². The molecule has 1 amide bonds. The number of fused-ring (bicyclic) bond motifs is 1. The Balaban J connectivity index is 2.23. The number of hydrogen-bond donors (Lipinski definition) is 2. The van der Waals surface area contributed by atoms with Gasteiger partial charge in [-0.05, 0) is 24.5 Å². The monoisotopic (exact) mass is 260 g/mol. The molecule has 5 nitrogen and oxygen atoms in total. The third-order valence-corrected chi connectivity index (χ3v) is 3.02. The van der Waals surface area contributed by atoms with Crippen molar-refractivity contribution in [1.29, 1.82) is 0 Å². The zero-order chi connectivity index (χ0) is 14.0. The minimum atomic E-state index is -0.0405. The highest BCUT2D eigenvalue weighted by atomic mass is 16.1. The van der Waals surface area contributed by atoms with Crippen LogP contribution in [0.3, 0.4) is 0 Å². The van der Waals surface area contributed by atoms with Gasteiger partial charge in [-0.3, -0.25) is 4.79 Å². The number of para-hydroxylation sites is 1. The smallest absolute Gasteiger partial charge is 0.240 e. The van der Waals surface area contributed by atoms with Gasteiger partial charge in [-0.1, -0.05) is 26.0 Å². The highest BCUT2D eigenvalue weighted by Crippen LogP contribution is 2.20. The summed E-state index contributed by atoms with van der Waals surface area (Å²) in [5.74, 6) is 0.772. The van der Waals surface area contributed by atoms with Crippen LogP contribution in [0.4, 0.5) is 5.95 Å². The van der Waals surface area contributed by atoms with Crippen molar-refractivity contribution in [3.8, 4) is 0 Å². The molecular weight excluding hydrogens is 240 g/mol. The first-order valence-corrected chi connectivity index (χ1v) is 6.47. The summed E-state index contributed by atoms with van der Waals surface area (Å²) in [7, 11) is 0. The number of aromatic nitrogens is 2. The summed E-state index contributed by atoms with van der Waals surface area (Å²) in [5.41, 5.74) is 8.72. The minimum absolute atomic E-state index is 0.0405. The van der Waals surface area contributed by atoms with E-state index in [4.69, 9.17) is 5.73 Å². The van der Waals surface area contributed by atoms with Gasteiger partial charge in [0.05, 0.1) is 11.0 Å². The molecule has 1 heterocycles. The third kappa shape index (κ3) is 2.86. The quantitative estimate of drug-likeness (QED) is 0.878.